The molecule has 7 nitrogen and oxygen atoms in total. The molecule has 0 saturated carbocycles. The van der Waals surface area contributed by atoms with Crippen molar-refractivity contribution in [1.29, 1.82) is 5.26 Å². The zero-order chi connectivity index (χ0) is 22.7. The molecule has 0 bridgehead atoms. The monoisotopic (exact) mass is 480 g/mol. The van der Waals surface area contributed by atoms with E-state index in [4.69, 9.17) is 50.5 Å². The predicted octanol–water partition coefficient (Wildman–Crippen LogP) is 4.81. The summed E-state index contributed by atoms with van der Waals surface area (Å²) in [4.78, 5) is 26.1. The second kappa shape index (κ2) is 9.27. The van der Waals surface area contributed by atoms with Gasteiger partial charge in [-0.3, -0.25) is 9.59 Å². The van der Waals surface area contributed by atoms with E-state index in [2.05, 4.69) is 10.3 Å². The minimum absolute atomic E-state index is 0.0235. The number of benzene rings is 2. The minimum Gasteiger partial charge on any atom is -0.453 e. The van der Waals surface area contributed by atoms with Crippen molar-refractivity contribution in [3.05, 3.63) is 79.8 Å². The fraction of sp³-hybridized carbons (Fsp3) is 0.0500. The highest BCUT2D eigenvalue weighted by Crippen LogP contribution is 2.35. The lowest BCUT2D eigenvalue weighted by Crippen LogP contribution is -2.24. The number of nitrogens with zero attached hydrogens (tertiary/aromatic N) is 1. The standard InChI is InChI=1S/C20H12Cl3FN4O3/c21-11-3-9(6-25)4-12(5-11)31-18-14(22)2-1-10(16(18)24)7-28-20(30)17-15(23)13(8-27-17)19(26)29/h1-5,8,27H,7H2,(H2,26,29)(H,28,30). The number of aromatic nitrogens is 1. The number of carbonyl (C=O) groups is 2. The van der Waals surface area contributed by atoms with E-state index in [1.54, 1.807) is 0 Å². The Bertz CT molecular complexity index is 1240. The molecule has 0 unspecified atom stereocenters. The van der Waals surface area contributed by atoms with E-state index in [0.29, 0.717) is 0 Å². The van der Waals surface area contributed by atoms with Crippen molar-refractivity contribution in [3.63, 3.8) is 0 Å². The Labute approximate surface area is 190 Å². The van der Waals surface area contributed by atoms with Crippen molar-refractivity contribution in [2.45, 2.75) is 6.54 Å². The Morgan fingerprint density at radius 3 is 2.61 bits per heavy atom. The molecule has 0 radical (unpaired) electrons. The number of rotatable bonds is 6. The topological polar surface area (TPSA) is 121 Å². The van der Waals surface area contributed by atoms with E-state index >= 15 is 0 Å². The van der Waals surface area contributed by atoms with Crippen LogP contribution in [0.2, 0.25) is 15.1 Å². The number of amides is 2. The first-order valence-corrected chi connectivity index (χ1v) is 9.65. The summed E-state index contributed by atoms with van der Waals surface area (Å²) in [5, 5.41) is 11.6. The summed E-state index contributed by atoms with van der Waals surface area (Å²) < 4.78 is 20.5. The Kier molecular flexibility index (Phi) is 6.71. The molecule has 11 heteroatoms. The minimum atomic E-state index is -0.818. The highest BCUT2D eigenvalue weighted by Gasteiger charge is 2.20. The van der Waals surface area contributed by atoms with Gasteiger partial charge >= 0.3 is 0 Å². The molecule has 1 aromatic heterocycles. The van der Waals surface area contributed by atoms with Crippen LogP contribution < -0.4 is 15.8 Å². The molecular weight excluding hydrogens is 470 g/mol. The van der Waals surface area contributed by atoms with Gasteiger partial charge in [-0.25, -0.2) is 4.39 Å². The van der Waals surface area contributed by atoms with Crippen molar-refractivity contribution in [1.82, 2.24) is 10.3 Å². The van der Waals surface area contributed by atoms with E-state index in [9.17, 15) is 14.0 Å². The van der Waals surface area contributed by atoms with Crippen molar-refractivity contribution in [2.75, 3.05) is 0 Å². The summed E-state index contributed by atoms with van der Waals surface area (Å²) in [6.45, 7) is -0.238. The quantitative estimate of drug-likeness (QED) is 0.468. The molecule has 2 aromatic carbocycles. The van der Waals surface area contributed by atoms with Crippen LogP contribution in [0, 0.1) is 17.1 Å². The van der Waals surface area contributed by atoms with Crippen LogP contribution in [0.4, 0.5) is 4.39 Å². The second-order valence-corrected chi connectivity index (χ2v) is 7.40. The van der Waals surface area contributed by atoms with Crippen molar-refractivity contribution < 1.29 is 18.7 Å². The van der Waals surface area contributed by atoms with Gasteiger partial charge in [-0.2, -0.15) is 5.26 Å². The first kappa shape index (κ1) is 22.4. The van der Waals surface area contributed by atoms with Gasteiger partial charge in [-0.05, 0) is 24.3 Å². The van der Waals surface area contributed by atoms with Crippen LogP contribution in [-0.4, -0.2) is 16.8 Å². The summed E-state index contributed by atoms with van der Waals surface area (Å²) in [6.07, 6.45) is 1.20. The fourth-order valence-electron chi connectivity index (χ4n) is 2.62. The number of hydrogen-bond acceptors (Lipinski definition) is 4. The number of aromatic amines is 1. The molecule has 0 aliphatic heterocycles. The molecule has 2 amide bonds. The summed E-state index contributed by atoms with van der Waals surface area (Å²) >= 11 is 18.0. The molecule has 0 aliphatic carbocycles. The normalized spacial score (nSPS) is 10.4. The number of nitrogens with two attached hydrogens (primary N) is 1. The van der Waals surface area contributed by atoms with Gasteiger partial charge in [0.25, 0.3) is 11.8 Å². The van der Waals surface area contributed by atoms with Crippen LogP contribution in [0.1, 0.15) is 32.0 Å². The Hall–Kier alpha value is -3.25. The molecule has 4 N–H and O–H groups in total. The average molecular weight is 482 g/mol. The summed E-state index contributed by atoms with van der Waals surface area (Å²) in [5.74, 6) is -2.48. The number of ether oxygens (including phenoxy) is 1. The van der Waals surface area contributed by atoms with Crippen LogP contribution in [0.15, 0.2) is 36.5 Å². The molecule has 1 heterocycles. The van der Waals surface area contributed by atoms with Crippen LogP contribution in [0.5, 0.6) is 11.5 Å². The van der Waals surface area contributed by atoms with Gasteiger partial charge < -0.3 is 20.8 Å². The number of primary amides is 1. The maximum absolute atomic E-state index is 15.0. The zero-order valence-electron chi connectivity index (χ0n) is 15.4. The van der Waals surface area contributed by atoms with Gasteiger partial charge in [-0.1, -0.05) is 40.9 Å². The third-order valence-electron chi connectivity index (χ3n) is 4.10. The maximum atomic E-state index is 15.0. The van der Waals surface area contributed by atoms with E-state index in [0.717, 1.165) is 0 Å². The van der Waals surface area contributed by atoms with Crippen molar-refractivity contribution >= 4 is 46.6 Å². The summed E-state index contributed by atoms with van der Waals surface area (Å²) in [7, 11) is 0. The van der Waals surface area contributed by atoms with Gasteiger partial charge in [-0.15, -0.1) is 0 Å². The van der Waals surface area contributed by atoms with Crippen LogP contribution in [0.25, 0.3) is 0 Å². The predicted molar refractivity (Wildman–Crippen MR) is 113 cm³/mol. The van der Waals surface area contributed by atoms with E-state index in [1.807, 2.05) is 6.07 Å². The van der Waals surface area contributed by atoms with Crippen LogP contribution in [-0.2, 0) is 6.54 Å². The smallest absolute Gasteiger partial charge is 0.269 e. The number of nitrogens with one attached hydrogen (secondary N) is 2. The number of hydrogen-bond donors (Lipinski definition) is 3. The first-order chi connectivity index (χ1) is 14.7. The SMILES string of the molecule is N#Cc1cc(Cl)cc(Oc2c(Cl)ccc(CNC(=O)c3[nH]cc(C(N)=O)c3Cl)c2F)c1. The lowest BCUT2D eigenvalue weighted by molar-refractivity contribution is 0.0946. The van der Waals surface area contributed by atoms with E-state index in [1.165, 1.54) is 36.5 Å². The summed E-state index contributed by atoms with van der Waals surface area (Å²) in [5.41, 5.74) is 5.31. The van der Waals surface area contributed by atoms with Gasteiger partial charge in [0.2, 0.25) is 0 Å². The molecular formula is C20H12Cl3FN4O3. The lowest BCUT2D eigenvalue weighted by atomic mass is 10.2. The van der Waals surface area contributed by atoms with Gasteiger partial charge in [0.1, 0.15) is 11.4 Å². The molecule has 0 atom stereocenters. The summed E-state index contributed by atoms with van der Waals surface area (Å²) in [6, 6.07) is 8.88. The molecule has 3 aromatic rings. The molecule has 0 saturated heterocycles. The van der Waals surface area contributed by atoms with Crippen LogP contribution >= 0.6 is 34.8 Å². The van der Waals surface area contributed by atoms with Gasteiger partial charge in [0.05, 0.1) is 27.2 Å². The van der Waals surface area contributed by atoms with Gasteiger partial charge in [0, 0.05) is 23.3 Å². The highest BCUT2D eigenvalue weighted by molar-refractivity contribution is 6.36. The Balaban J connectivity index is 1.81. The second-order valence-electron chi connectivity index (χ2n) is 6.18. The van der Waals surface area contributed by atoms with Crippen molar-refractivity contribution in [2.24, 2.45) is 5.73 Å². The van der Waals surface area contributed by atoms with Crippen LogP contribution in [0.3, 0.4) is 0 Å². The third kappa shape index (κ3) is 4.91. The third-order valence-corrected chi connectivity index (χ3v) is 5.01. The van der Waals surface area contributed by atoms with E-state index in [-0.39, 0.29) is 55.5 Å². The average Bonchev–Trinajstić information content (AvgIpc) is 3.11. The van der Waals surface area contributed by atoms with E-state index < -0.39 is 17.6 Å². The molecule has 0 fully saturated rings. The fourth-order valence-corrected chi connectivity index (χ4v) is 3.32. The van der Waals surface area contributed by atoms with Crippen molar-refractivity contribution in [3.8, 4) is 17.6 Å². The highest BCUT2D eigenvalue weighted by atomic mass is 35.5. The first-order valence-electron chi connectivity index (χ1n) is 8.51. The largest absolute Gasteiger partial charge is 0.453 e. The molecule has 0 aliphatic rings. The number of nitriles is 1. The molecule has 31 heavy (non-hydrogen) atoms. The maximum Gasteiger partial charge on any atom is 0.269 e. The lowest BCUT2D eigenvalue weighted by Gasteiger charge is -2.13. The molecule has 3 rings (SSSR count). The molecule has 0 spiro atoms. The molecule has 158 valence electrons. The number of H-pyrrole nitrogens is 1. The Morgan fingerprint density at radius 2 is 1.97 bits per heavy atom. The number of carbonyl (C=O) groups excluding carboxylic acids is 2. The van der Waals surface area contributed by atoms with Gasteiger partial charge in [0.15, 0.2) is 11.6 Å². The zero-order valence-corrected chi connectivity index (χ0v) is 17.7. The Morgan fingerprint density at radius 1 is 1.23 bits per heavy atom. The number of halogens is 4.